The van der Waals surface area contributed by atoms with E-state index in [0.717, 1.165) is 23.7 Å². The molecule has 14 heavy (non-hydrogen) atoms. The van der Waals surface area contributed by atoms with Gasteiger partial charge in [0.1, 0.15) is 0 Å². The van der Waals surface area contributed by atoms with Crippen molar-refractivity contribution in [2.24, 2.45) is 23.7 Å². The smallest absolute Gasteiger partial charge is 0.0357 e. The van der Waals surface area contributed by atoms with Gasteiger partial charge in [-0.05, 0) is 36.5 Å². The van der Waals surface area contributed by atoms with Crippen LogP contribution in [0.3, 0.4) is 0 Å². The van der Waals surface area contributed by atoms with Gasteiger partial charge in [-0.2, -0.15) is 0 Å². The lowest BCUT2D eigenvalue weighted by molar-refractivity contribution is 0.230. The zero-order valence-corrected chi connectivity index (χ0v) is 10.6. The third-order valence-corrected chi connectivity index (χ3v) is 4.52. The molecule has 0 spiro atoms. The summed E-state index contributed by atoms with van der Waals surface area (Å²) in [6.45, 7) is 8.88. The normalized spacial score (nSPS) is 41.1. The zero-order valence-electron chi connectivity index (χ0n) is 10.6. The second-order valence-electron chi connectivity index (χ2n) is 4.97. The van der Waals surface area contributed by atoms with E-state index in [2.05, 4.69) is 13.8 Å². The van der Waals surface area contributed by atoms with Crippen molar-refractivity contribution in [1.29, 1.82) is 0 Å². The molecule has 0 heterocycles. The second kappa shape index (κ2) is 5.78. The number of rotatable bonds is 1. The van der Waals surface area contributed by atoms with Crippen molar-refractivity contribution in [2.75, 3.05) is 0 Å². The Morgan fingerprint density at radius 2 is 1.71 bits per heavy atom. The molecule has 0 aromatic carbocycles. The van der Waals surface area contributed by atoms with Crippen molar-refractivity contribution in [3.8, 4) is 0 Å². The lowest BCUT2D eigenvalue weighted by atomic mass is 9.78. The van der Waals surface area contributed by atoms with Crippen LogP contribution in [-0.4, -0.2) is 0 Å². The SMILES string of the molecule is CC.CCC1CC2CCCCC2C1C. The number of hydrogen-bond donors (Lipinski definition) is 0. The molecular weight excluding hydrogens is 168 g/mol. The molecule has 0 heteroatoms. The lowest BCUT2D eigenvalue weighted by Crippen LogP contribution is -2.18. The average molecular weight is 196 g/mol. The van der Waals surface area contributed by atoms with E-state index < -0.39 is 0 Å². The van der Waals surface area contributed by atoms with Gasteiger partial charge in [-0.3, -0.25) is 0 Å². The van der Waals surface area contributed by atoms with Gasteiger partial charge in [0, 0.05) is 0 Å². The summed E-state index contributed by atoms with van der Waals surface area (Å²) in [5.74, 6) is 4.35. The fourth-order valence-corrected chi connectivity index (χ4v) is 3.71. The summed E-state index contributed by atoms with van der Waals surface area (Å²) in [6, 6.07) is 0. The largest absolute Gasteiger partial charge is 0.0683 e. The molecule has 4 atom stereocenters. The molecule has 0 radical (unpaired) electrons. The summed E-state index contributed by atoms with van der Waals surface area (Å²) in [5, 5.41) is 0. The molecule has 0 aromatic rings. The monoisotopic (exact) mass is 196 g/mol. The highest BCUT2D eigenvalue weighted by molar-refractivity contribution is 4.90. The summed E-state index contributed by atoms with van der Waals surface area (Å²) >= 11 is 0. The molecule has 2 aliphatic rings. The number of fused-ring (bicyclic) bond motifs is 1. The molecule has 2 rings (SSSR count). The van der Waals surface area contributed by atoms with Crippen LogP contribution in [0.25, 0.3) is 0 Å². The first kappa shape index (κ1) is 12.1. The molecule has 0 aromatic heterocycles. The molecule has 4 unspecified atom stereocenters. The van der Waals surface area contributed by atoms with Gasteiger partial charge in [0.2, 0.25) is 0 Å². The summed E-state index contributed by atoms with van der Waals surface area (Å²) < 4.78 is 0. The Morgan fingerprint density at radius 1 is 1.07 bits per heavy atom. The van der Waals surface area contributed by atoms with Crippen LogP contribution in [0.5, 0.6) is 0 Å². The van der Waals surface area contributed by atoms with Crippen molar-refractivity contribution in [3.05, 3.63) is 0 Å². The van der Waals surface area contributed by atoms with Crippen LogP contribution in [0.1, 0.15) is 66.2 Å². The van der Waals surface area contributed by atoms with Crippen LogP contribution in [0.15, 0.2) is 0 Å². The van der Waals surface area contributed by atoms with Crippen LogP contribution in [0.2, 0.25) is 0 Å². The minimum atomic E-state index is 1.04. The Bertz CT molecular complexity index is 148. The summed E-state index contributed by atoms with van der Waals surface area (Å²) in [7, 11) is 0. The van der Waals surface area contributed by atoms with Crippen molar-refractivity contribution in [2.45, 2.75) is 66.2 Å². The van der Waals surface area contributed by atoms with Crippen LogP contribution >= 0.6 is 0 Å². The summed E-state index contributed by atoms with van der Waals surface area (Å²) in [6.07, 6.45) is 9.11. The highest BCUT2D eigenvalue weighted by Crippen LogP contribution is 2.49. The van der Waals surface area contributed by atoms with E-state index in [1.165, 1.54) is 19.3 Å². The molecule has 0 nitrogen and oxygen atoms in total. The Morgan fingerprint density at radius 3 is 2.29 bits per heavy atom. The van der Waals surface area contributed by atoms with E-state index >= 15 is 0 Å². The topological polar surface area (TPSA) is 0 Å². The maximum absolute atomic E-state index is 2.50. The molecule has 0 N–H and O–H groups in total. The van der Waals surface area contributed by atoms with Gasteiger partial charge in [0.05, 0.1) is 0 Å². The maximum atomic E-state index is 2.50. The average Bonchev–Trinajstić information content (AvgIpc) is 2.59. The van der Waals surface area contributed by atoms with Gasteiger partial charge in [-0.1, -0.05) is 53.4 Å². The van der Waals surface area contributed by atoms with Gasteiger partial charge in [0.25, 0.3) is 0 Å². The quantitative estimate of drug-likeness (QED) is 0.560. The molecule has 0 bridgehead atoms. The Labute approximate surface area is 90.5 Å². The van der Waals surface area contributed by atoms with E-state index in [0.29, 0.717) is 0 Å². The van der Waals surface area contributed by atoms with Gasteiger partial charge in [-0.15, -0.1) is 0 Å². The first-order valence-corrected chi connectivity index (χ1v) is 6.83. The van der Waals surface area contributed by atoms with Crippen LogP contribution in [0.4, 0.5) is 0 Å². The minimum Gasteiger partial charge on any atom is -0.0683 e. The van der Waals surface area contributed by atoms with E-state index in [-0.39, 0.29) is 0 Å². The van der Waals surface area contributed by atoms with Crippen LogP contribution in [0, 0.1) is 23.7 Å². The lowest BCUT2D eigenvalue weighted by Gasteiger charge is -2.27. The Kier molecular flexibility index (Phi) is 4.98. The van der Waals surface area contributed by atoms with Gasteiger partial charge < -0.3 is 0 Å². The van der Waals surface area contributed by atoms with Crippen molar-refractivity contribution >= 4 is 0 Å². The van der Waals surface area contributed by atoms with Gasteiger partial charge >= 0.3 is 0 Å². The van der Waals surface area contributed by atoms with E-state index in [1.807, 2.05) is 13.8 Å². The molecule has 2 fully saturated rings. The molecular formula is C14H28. The Hall–Kier alpha value is 0. The second-order valence-corrected chi connectivity index (χ2v) is 4.97. The first-order valence-electron chi connectivity index (χ1n) is 6.83. The van der Waals surface area contributed by atoms with Crippen molar-refractivity contribution in [1.82, 2.24) is 0 Å². The molecule has 84 valence electrons. The maximum Gasteiger partial charge on any atom is -0.0357 e. The predicted molar refractivity (Wildman–Crippen MR) is 64.4 cm³/mol. The zero-order chi connectivity index (χ0) is 10.6. The standard InChI is InChI=1S/C12H22.C2H6/c1-3-10-8-11-6-4-5-7-12(11)9(10)2;1-2/h9-12H,3-8H2,1-2H3;1-2H3. The highest BCUT2D eigenvalue weighted by atomic mass is 14.4. The fourth-order valence-electron chi connectivity index (χ4n) is 3.71. The van der Waals surface area contributed by atoms with Gasteiger partial charge in [-0.25, -0.2) is 0 Å². The molecule has 0 aliphatic heterocycles. The molecule has 0 amide bonds. The Balaban J connectivity index is 0.000000461. The summed E-state index contributed by atoms with van der Waals surface area (Å²) in [4.78, 5) is 0. The van der Waals surface area contributed by atoms with Gasteiger partial charge in [0.15, 0.2) is 0 Å². The van der Waals surface area contributed by atoms with Crippen molar-refractivity contribution < 1.29 is 0 Å². The van der Waals surface area contributed by atoms with E-state index in [1.54, 1.807) is 19.3 Å². The molecule has 2 saturated carbocycles. The van der Waals surface area contributed by atoms with Crippen LogP contribution < -0.4 is 0 Å². The van der Waals surface area contributed by atoms with E-state index in [9.17, 15) is 0 Å². The highest BCUT2D eigenvalue weighted by Gasteiger charge is 2.40. The fraction of sp³-hybridized carbons (Fsp3) is 1.00. The van der Waals surface area contributed by atoms with Crippen molar-refractivity contribution in [3.63, 3.8) is 0 Å². The molecule has 0 saturated heterocycles. The third-order valence-electron chi connectivity index (χ3n) is 4.52. The van der Waals surface area contributed by atoms with E-state index in [4.69, 9.17) is 0 Å². The predicted octanol–water partition coefficient (Wildman–Crippen LogP) is 4.89. The minimum absolute atomic E-state index is 1.04. The first-order chi connectivity index (χ1) is 6.83. The summed E-state index contributed by atoms with van der Waals surface area (Å²) in [5.41, 5.74) is 0. The molecule has 2 aliphatic carbocycles. The third kappa shape index (κ3) is 2.32. The number of hydrogen-bond acceptors (Lipinski definition) is 0. The van der Waals surface area contributed by atoms with Crippen LogP contribution in [-0.2, 0) is 0 Å².